The van der Waals surface area contributed by atoms with Crippen LogP contribution in [0.4, 0.5) is 0 Å². The van der Waals surface area contributed by atoms with Crippen LogP contribution >= 0.6 is 0 Å². The zero-order valence-electron chi connectivity index (χ0n) is 11.0. The largest absolute Gasteiger partial charge is 0.270 e. The lowest BCUT2D eigenvalue weighted by Gasteiger charge is -2.05. The second kappa shape index (κ2) is 6.49. The van der Waals surface area contributed by atoms with Gasteiger partial charge in [0.1, 0.15) is 0 Å². The van der Waals surface area contributed by atoms with Crippen LogP contribution in [0, 0.1) is 6.92 Å². The molecule has 0 aliphatic carbocycles. The minimum atomic E-state index is -3.50. The Labute approximate surface area is 114 Å². The highest BCUT2D eigenvalue weighted by atomic mass is 32.2. The van der Waals surface area contributed by atoms with Crippen molar-refractivity contribution in [1.82, 2.24) is 0 Å². The molecule has 1 aromatic carbocycles. The Balaban J connectivity index is 2.46. The van der Waals surface area contributed by atoms with Crippen molar-refractivity contribution in [2.24, 2.45) is 0 Å². The first-order valence-electron chi connectivity index (χ1n) is 5.78. The van der Waals surface area contributed by atoms with E-state index in [1.165, 1.54) is 0 Å². The van der Waals surface area contributed by atoms with Crippen LogP contribution in [0.25, 0.3) is 0 Å². The molecule has 0 spiro atoms. The van der Waals surface area contributed by atoms with E-state index in [4.69, 9.17) is 0 Å². The molecule has 0 saturated carbocycles. The number of hydrogen-bond donors (Lipinski definition) is 0. The van der Waals surface area contributed by atoms with Crippen molar-refractivity contribution in [1.29, 1.82) is 0 Å². The van der Waals surface area contributed by atoms with Crippen molar-refractivity contribution < 1.29 is 21.0 Å². The van der Waals surface area contributed by atoms with Crippen LogP contribution in [0.1, 0.15) is 17.5 Å². The highest BCUT2D eigenvalue weighted by Gasteiger charge is 2.12. The fourth-order valence-electron chi connectivity index (χ4n) is 1.50. The van der Waals surface area contributed by atoms with Crippen molar-refractivity contribution in [3.05, 3.63) is 35.4 Å². The maximum Gasteiger partial charge on any atom is 0.264 e. The number of benzene rings is 1. The monoisotopic (exact) mass is 306 g/mol. The molecule has 0 saturated heterocycles. The van der Waals surface area contributed by atoms with Gasteiger partial charge in [0.05, 0.1) is 24.4 Å². The van der Waals surface area contributed by atoms with Crippen molar-refractivity contribution in [3.8, 4) is 0 Å². The summed E-state index contributed by atoms with van der Waals surface area (Å²) in [5.41, 5.74) is 1.80. The van der Waals surface area contributed by atoms with Gasteiger partial charge >= 0.3 is 0 Å². The van der Waals surface area contributed by atoms with E-state index in [-0.39, 0.29) is 24.5 Å². The summed E-state index contributed by atoms with van der Waals surface area (Å²) in [5.74, 6) is -0.122. The second-order valence-electron chi connectivity index (χ2n) is 4.46. The smallest absolute Gasteiger partial charge is 0.264 e. The van der Waals surface area contributed by atoms with Crippen LogP contribution < -0.4 is 0 Å². The Kier molecular flexibility index (Phi) is 5.51. The lowest BCUT2D eigenvalue weighted by molar-refractivity contribution is 0.322. The SMILES string of the molecule is Cc1ccc(CS(=O)(=O)CCCOS(C)(=O)=O)cc1. The number of hydrogen-bond acceptors (Lipinski definition) is 5. The predicted molar refractivity (Wildman–Crippen MR) is 74.1 cm³/mol. The summed E-state index contributed by atoms with van der Waals surface area (Å²) in [7, 11) is -6.74. The number of sulfone groups is 1. The zero-order chi connectivity index (χ0) is 14.5. The molecule has 7 heteroatoms. The lowest BCUT2D eigenvalue weighted by Crippen LogP contribution is -2.13. The first-order valence-corrected chi connectivity index (χ1v) is 9.42. The molecule has 19 heavy (non-hydrogen) atoms. The number of aryl methyl sites for hydroxylation is 1. The Morgan fingerprint density at radius 2 is 1.63 bits per heavy atom. The van der Waals surface area contributed by atoms with Crippen molar-refractivity contribution >= 4 is 20.0 Å². The zero-order valence-corrected chi connectivity index (χ0v) is 12.6. The summed E-state index contributed by atoms with van der Waals surface area (Å²) in [6.45, 7) is 1.83. The molecule has 0 N–H and O–H groups in total. The van der Waals surface area contributed by atoms with Crippen LogP contribution in [-0.4, -0.2) is 35.5 Å². The van der Waals surface area contributed by atoms with E-state index in [9.17, 15) is 16.8 Å². The molecule has 0 aliphatic heterocycles. The Morgan fingerprint density at radius 1 is 1.05 bits per heavy atom. The topological polar surface area (TPSA) is 77.5 Å². The third-order valence-corrected chi connectivity index (χ3v) is 4.68. The average Bonchev–Trinajstić information content (AvgIpc) is 2.26. The van der Waals surface area contributed by atoms with Gasteiger partial charge in [0, 0.05) is 0 Å². The minimum absolute atomic E-state index is 0.0356. The second-order valence-corrected chi connectivity index (χ2v) is 8.29. The van der Waals surface area contributed by atoms with E-state index < -0.39 is 20.0 Å². The number of rotatable bonds is 7. The summed E-state index contributed by atoms with van der Waals surface area (Å²) >= 11 is 0. The van der Waals surface area contributed by atoms with Gasteiger partial charge in [0.15, 0.2) is 9.84 Å². The van der Waals surface area contributed by atoms with Gasteiger partial charge in [0.2, 0.25) is 0 Å². The Morgan fingerprint density at radius 3 is 2.16 bits per heavy atom. The van der Waals surface area contributed by atoms with Crippen LogP contribution in [0.5, 0.6) is 0 Å². The molecule has 0 aliphatic rings. The summed E-state index contributed by atoms with van der Waals surface area (Å²) in [6, 6.07) is 7.27. The van der Waals surface area contributed by atoms with Gasteiger partial charge in [0.25, 0.3) is 10.1 Å². The average molecular weight is 306 g/mol. The van der Waals surface area contributed by atoms with Gasteiger partial charge in [-0.3, -0.25) is 4.18 Å². The maximum atomic E-state index is 11.8. The molecule has 0 fully saturated rings. The molecule has 0 unspecified atom stereocenters. The molecular weight excluding hydrogens is 288 g/mol. The molecule has 1 aromatic rings. The first-order chi connectivity index (χ1) is 8.68. The van der Waals surface area contributed by atoms with Crippen molar-refractivity contribution in [2.45, 2.75) is 19.1 Å². The predicted octanol–water partition coefficient (Wildman–Crippen LogP) is 1.28. The van der Waals surface area contributed by atoms with E-state index in [2.05, 4.69) is 4.18 Å². The van der Waals surface area contributed by atoms with E-state index in [1.807, 2.05) is 19.1 Å². The highest BCUT2D eigenvalue weighted by Crippen LogP contribution is 2.09. The Bertz CT molecular complexity index is 600. The van der Waals surface area contributed by atoms with Gasteiger partial charge in [-0.05, 0) is 18.9 Å². The van der Waals surface area contributed by atoms with E-state index in [1.54, 1.807) is 12.1 Å². The third kappa shape index (κ3) is 7.29. The molecule has 108 valence electrons. The molecular formula is C12H18O5S2. The normalized spacial score (nSPS) is 12.5. The summed E-state index contributed by atoms with van der Waals surface area (Å²) < 4.78 is 49.5. The standard InChI is InChI=1S/C12H18O5S2/c1-11-4-6-12(7-5-11)10-19(15,16)9-3-8-17-18(2,13)14/h4-7H,3,8-10H2,1-2H3. The van der Waals surface area contributed by atoms with Gasteiger partial charge in [-0.25, -0.2) is 8.42 Å². The summed E-state index contributed by atoms with van der Waals surface area (Å²) in [4.78, 5) is 0. The van der Waals surface area contributed by atoms with Crippen LogP contribution in [0.3, 0.4) is 0 Å². The van der Waals surface area contributed by atoms with E-state index in [0.29, 0.717) is 0 Å². The molecule has 0 radical (unpaired) electrons. The molecule has 0 amide bonds. The van der Waals surface area contributed by atoms with Crippen LogP contribution in [0.2, 0.25) is 0 Å². The van der Waals surface area contributed by atoms with Crippen molar-refractivity contribution in [3.63, 3.8) is 0 Å². The molecule has 1 rings (SSSR count). The summed E-state index contributed by atoms with van der Waals surface area (Å²) in [6.07, 6.45) is 1.11. The fourth-order valence-corrected chi connectivity index (χ4v) is 3.32. The van der Waals surface area contributed by atoms with Gasteiger partial charge in [-0.1, -0.05) is 29.8 Å². The van der Waals surface area contributed by atoms with Gasteiger partial charge < -0.3 is 0 Å². The quantitative estimate of drug-likeness (QED) is 0.560. The minimum Gasteiger partial charge on any atom is -0.270 e. The molecule has 5 nitrogen and oxygen atoms in total. The van der Waals surface area contributed by atoms with Crippen molar-refractivity contribution in [2.75, 3.05) is 18.6 Å². The summed E-state index contributed by atoms with van der Waals surface area (Å²) in [5, 5.41) is 0. The Hall–Kier alpha value is -0.920. The lowest BCUT2D eigenvalue weighted by atomic mass is 10.2. The molecule has 0 atom stereocenters. The van der Waals surface area contributed by atoms with E-state index >= 15 is 0 Å². The maximum absolute atomic E-state index is 11.8. The molecule has 0 aromatic heterocycles. The van der Waals surface area contributed by atoms with E-state index in [0.717, 1.165) is 17.4 Å². The highest BCUT2D eigenvalue weighted by molar-refractivity contribution is 7.90. The van der Waals surface area contributed by atoms with Crippen LogP contribution in [0.15, 0.2) is 24.3 Å². The first kappa shape index (κ1) is 16.1. The molecule has 0 bridgehead atoms. The third-order valence-electron chi connectivity index (χ3n) is 2.40. The van der Waals surface area contributed by atoms with Gasteiger partial charge in [-0.2, -0.15) is 8.42 Å². The van der Waals surface area contributed by atoms with Crippen LogP contribution in [-0.2, 0) is 29.9 Å². The molecule has 0 heterocycles. The van der Waals surface area contributed by atoms with Gasteiger partial charge in [-0.15, -0.1) is 0 Å². The fraction of sp³-hybridized carbons (Fsp3) is 0.500.